The monoisotopic (exact) mass is 311 g/mol. The number of nitrogens with one attached hydrogen (secondary N) is 3. The van der Waals surface area contributed by atoms with E-state index in [1.54, 1.807) is 0 Å². The highest BCUT2D eigenvalue weighted by molar-refractivity contribution is 8.00. The molecule has 0 aromatic heterocycles. The summed E-state index contributed by atoms with van der Waals surface area (Å²) < 4.78 is 0. The molecule has 0 heterocycles. The Morgan fingerprint density at radius 2 is 1.75 bits per heavy atom. The molecule has 1 rings (SSSR count). The molecule has 0 aliphatic rings. The van der Waals surface area contributed by atoms with Gasteiger partial charge in [0.15, 0.2) is 5.11 Å². The Bertz CT molecular complexity index is 460. The minimum atomic E-state index is -0.202. The summed E-state index contributed by atoms with van der Waals surface area (Å²) in [6, 6.07) is 8.33. The first kappa shape index (κ1) is 16.8. The van der Waals surface area contributed by atoms with Crippen LogP contribution in [0, 0.1) is 6.92 Å². The molecule has 1 unspecified atom stereocenters. The van der Waals surface area contributed by atoms with E-state index in [4.69, 9.17) is 12.2 Å². The SMILES string of the molecule is Cc1ccc(SC(C)C(=O)NNC(=S)NC(C)C)cc1. The Kier molecular flexibility index (Phi) is 6.81. The van der Waals surface area contributed by atoms with Gasteiger partial charge in [-0.15, -0.1) is 11.8 Å². The van der Waals surface area contributed by atoms with E-state index in [-0.39, 0.29) is 17.2 Å². The van der Waals surface area contributed by atoms with Gasteiger partial charge < -0.3 is 5.32 Å². The van der Waals surface area contributed by atoms with E-state index in [0.717, 1.165) is 4.90 Å². The minimum absolute atomic E-state index is 0.108. The lowest BCUT2D eigenvalue weighted by Gasteiger charge is -2.16. The van der Waals surface area contributed by atoms with E-state index in [1.807, 2.05) is 52.0 Å². The first-order chi connectivity index (χ1) is 9.38. The molecule has 0 aliphatic carbocycles. The maximum absolute atomic E-state index is 11.9. The predicted molar refractivity (Wildman–Crippen MR) is 88.6 cm³/mol. The van der Waals surface area contributed by atoms with Crippen molar-refractivity contribution in [2.75, 3.05) is 0 Å². The lowest BCUT2D eigenvalue weighted by Crippen LogP contribution is -2.50. The molecule has 1 aromatic carbocycles. The Labute approximate surface area is 130 Å². The molecule has 0 spiro atoms. The van der Waals surface area contributed by atoms with Crippen LogP contribution in [-0.2, 0) is 4.79 Å². The van der Waals surface area contributed by atoms with Gasteiger partial charge in [-0.2, -0.15) is 0 Å². The summed E-state index contributed by atoms with van der Waals surface area (Å²) in [4.78, 5) is 13.0. The number of hydrazine groups is 1. The molecule has 4 nitrogen and oxygen atoms in total. The zero-order chi connectivity index (χ0) is 15.1. The van der Waals surface area contributed by atoms with E-state index in [1.165, 1.54) is 17.3 Å². The van der Waals surface area contributed by atoms with Crippen LogP contribution in [0.1, 0.15) is 26.3 Å². The fraction of sp³-hybridized carbons (Fsp3) is 0.429. The first-order valence-electron chi connectivity index (χ1n) is 6.48. The van der Waals surface area contributed by atoms with Gasteiger partial charge >= 0.3 is 0 Å². The molecular weight excluding hydrogens is 290 g/mol. The lowest BCUT2D eigenvalue weighted by atomic mass is 10.2. The molecule has 20 heavy (non-hydrogen) atoms. The van der Waals surface area contributed by atoms with Gasteiger partial charge in [-0.3, -0.25) is 15.6 Å². The summed E-state index contributed by atoms with van der Waals surface area (Å²) in [5, 5.41) is 3.21. The largest absolute Gasteiger partial charge is 0.359 e. The molecule has 0 bridgehead atoms. The minimum Gasteiger partial charge on any atom is -0.359 e. The molecule has 1 aromatic rings. The highest BCUT2D eigenvalue weighted by atomic mass is 32.2. The van der Waals surface area contributed by atoms with Crippen molar-refractivity contribution < 1.29 is 4.79 Å². The van der Waals surface area contributed by atoms with Gasteiger partial charge in [0.1, 0.15) is 0 Å². The van der Waals surface area contributed by atoms with Gasteiger partial charge in [-0.05, 0) is 52.0 Å². The summed E-state index contributed by atoms with van der Waals surface area (Å²) in [7, 11) is 0. The summed E-state index contributed by atoms with van der Waals surface area (Å²) in [6.45, 7) is 7.86. The van der Waals surface area contributed by atoms with E-state index >= 15 is 0 Å². The van der Waals surface area contributed by atoms with E-state index in [0.29, 0.717) is 5.11 Å². The smallest absolute Gasteiger partial charge is 0.251 e. The quantitative estimate of drug-likeness (QED) is 0.453. The fourth-order valence-corrected chi connectivity index (χ4v) is 2.55. The number of amides is 1. The highest BCUT2D eigenvalue weighted by Gasteiger charge is 2.14. The van der Waals surface area contributed by atoms with Crippen molar-refractivity contribution in [1.29, 1.82) is 0 Å². The third kappa shape index (κ3) is 6.25. The van der Waals surface area contributed by atoms with Crippen molar-refractivity contribution in [2.24, 2.45) is 0 Å². The maximum atomic E-state index is 11.9. The molecule has 0 aliphatic heterocycles. The highest BCUT2D eigenvalue weighted by Crippen LogP contribution is 2.23. The Morgan fingerprint density at radius 1 is 1.15 bits per heavy atom. The summed E-state index contributed by atoms with van der Waals surface area (Å²) in [5.74, 6) is -0.108. The molecule has 0 radical (unpaired) electrons. The van der Waals surface area contributed by atoms with Crippen LogP contribution in [0.15, 0.2) is 29.2 Å². The van der Waals surface area contributed by atoms with Gasteiger partial charge in [0.25, 0.3) is 5.91 Å². The first-order valence-corrected chi connectivity index (χ1v) is 7.77. The van der Waals surface area contributed by atoms with Crippen molar-refractivity contribution >= 4 is 35.0 Å². The summed E-state index contributed by atoms with van der Waals surface area (Å²) >= 11 is 6.55. The van der Waals surface area contributed by atoms with Crippen molar-refractivity contribution in [1.82, 2.24) is 16.2 Å². The Morgan fingerprint density at radius 3 is 2.30 bits per heavy atom. The fourth-order valence-electron chi connectivity index (χ4n) is 1.39. The Hall–Kier alpha value is -1.27. The molecule has 0 fully saturated rings. The second-order valence-corrected chi connectivity index (χ2v) is 6.64. The molecule has 3 N–H and O–H groups in total. The number of hydrogen-bond donors (Lipinski definition) is 3. The predicted octanol–water partition coefficient (Wildman–Crippen LogP) is 2.38. The number of carbonyl (C=O) groups is 1. The van der Waals surface area contributed by atoms with Crippen molar-refractivity contribution in [2.45, 2.75) is 43.9 Å². The van der Waals surface area contributed by atoms with E-state index in [2.05, 4.69) is 16.2 Å². The molecule has 1 amide bonds. The van der Waals surface area contributed by atoms with Crippen LogP contribution in [0.25, 0.3) is 0 Å². The normalized spacial score (nSPS) is 11.8. The van der Waals surface area contributed by atoms with Crippen molar-refractivity contribution in [3.63, 3.8) is 0 Å². The zero-order valence-electron chi connectivity index (χ0n) is 12.2. The van der Waals surface area contributed by atoms with E-state index in [9.17, 15) is 4.79 Å². The summed E-state index contributed by atoms with van der Waals surface area (Å²) in [6.07, 6.45) is 0. The molecule has 0 saturated carbocycles. The molecular formula is C14H21N3OS2. The zero-order valence-corrected chi connectivity index (χ0v) is 13.8. The number of thiocarbonyl (C=S) groups is 1. The lowest BCUT2D eigenvalue weighted by molar-refractivity contribution is -0.120. The number of carbonyl (C=O) groups excluding carboxylic acids is 1. The average molecular weight is 311 g/mol. The van der Waals surface area contributed by atoms with Crippen molar-refractivity contribution in [3.05, 3.63) is 29.8 Å². The van der Waals surface area contributed by atoms with Crippen LogP contribution < -0.4 is 16.2 Å². The molecule has 0 saturated heterocycles. The number of benzene rings is 1. The molecule has 110 valence electrons. The van der Waals surface area contributed by atoms with Gasteiger partial charge in [0.2, 0.25) is 0 Å². The standard InChI is InChI=1S/C14H21N3OS2/c1-9(2)15-14(19)17-16-13(18)11(4)20-12-7-5-10(3)6-8-12/h5-9,11H,1-4H3,(H,16,18)(H2,15,17,19). The van der Waals surface area contributed by atoms with Crippen LogP contribution in [0.3, 0.4) is 0 Å². The van der Waals surface area contributed by atoms with E-state index < -0.39 is 0 Å². The van der Waals surface area contributed by atoms with Gasteiger partial charge in [0, 0.05) is 10.9 Å². The van der Waals surface area contributed by atoms with Crippen LogP contribution in [0.5, 0.6) is 0 Å². The maximum Gasteiger partial charge on any atom is 0.251 e. The van der Waals surface area contributed by atoms with Crippen molar-refractivity contribution in [3.8, 4) is 0 Å². The number of rotatable bonds is 4. The third-order valence-electron chi connectivity index (χ3n) is 2.42. The number of aryl methyl sites for hydroxylation is 1. The molecule has 6 heteroatoms. The number of hydrogen-bond acceptors (Lipinski definition) is 3. The van der Waals surface area contributed by atoms with Crippen LogP contribution in [-0.4, -0.2) is 22.3 Å². The summed E-state index contributed by atoms with van der Waals surface area (Å²) in [5.41, 5.74) is 6.51. The van der Waals surface area contributed by atoms with Crippen LogP contribution in [0.2, 0.25) is 0 Å². The van der Waals surface area contributed by atoms with Crippen LogP contribution in [0.4, 0.5) is 0 Å². The topological polar surface area (TPSA) is 53.2 Å². The van der Waals surface area contributed by atoms with Gasteiger partial charge in [-0.1, -0.05) is 17.7 Å². The average Bonchev–Trinajstić information content (AvgIpc) is 2.37. The van der Waals surface area contributed by atoms with Gasteiger partial charge in [0.05, 0.1) is 5.25 Å². The van der Waals surface area contributed by atoms with Gasteiger partial charge in [-0.25, -0.2) is 0 Å². The second kappa shape index (κ2) is 8.11. The number of thioether (sulfide) groups is 1. The third-order valence-corrected chi connectivity index (χ3v) is 3.75. The molecule has 1 atom stereocenters. The van der Waals surface area contributed by atoms with Crippen LogP contribution >= 0.6 is 24.0 Å². The second-order valence-electron chi connectivity index (χ2n) is 4.82. The Balaban J connectivity index is 2.39.